The molecule has 0 spiro atoms. The van der Waals surface area contributed by atoms with Crippen LogP contribution in [0.1, 0.15) is 5.56 Å². The SMILES string of the molecule is CSc1ccc(C(=S)Nc2ncc[nH]2)cc1. The van der Waals surface area contributed by atoms with Crippen molar-refractivity contribution in [1.82, 2.24) is 9.97 Å². The van der Waals surface area contributed by atoms with Crippen molar-refractivity contribution in [3.8, 4) is 0 Å². The minimum Gasteiger partial charge on any atom is -0.331 e. The number of aromatic amines is 1. The predicted molar refractivity (Wildman–Crippen MR) is 72.1 cm³/mol. The summed E-state index contributed by atoms with van der Waals surface area (Å²) >= 11 is 6.98. The summed E-state index contributed by atoms with van der Waals surface area (Å²) in [6.45, 7) is 0. The van der Waals surface area contributed by atoms with E-state index in [0.717, 1.165) is 5.56 Å². The number of thioether (sulfide) groups is 1. The number of aromatic nitrogens is 2. The number of hydrogen-bond donors (Lipinski definition) is 2. The lowest BCUT2D eigenvalue weighted by molar-refractivity contribution is 1.31. The lowest BCUT2D eigenvalue weighted by Gasteiger charge is -2.05. The van der Waals surface area contributed by atoms with E-state index in [1.165, 1.54) is 4.90 Å². The standard InChI is InChI=1S/C11H11N3S2/c1-16-9-4-2-8(3-5-9)10(15)14-11-12-6-7-13-11/h2-7H,1H3,(H2,12,13,14,15). The molecule has 0 unspecified atom stereocenters. The van der Waals surface area contributed by atoms with Crippen LogP contribution in [0.25, 0.3) is 0 Å². The molecule has 82 valence electrons. The summed E-state index contributed by atoms with van der Waals surface area (Å²) in [4.78, 5) is 8.90. The van der Waals surface area contributed by atoms with Crippen LogP contribution in [0.4, 0.5) is 5.95 Å². The van der Waals surface area contributed by atoms with Crippen LogP contribution < -0.4 is 5.32 Å². The molecule has 0 aliphatic heterocycles. The Labute approximate surface area is 104 Å². The monoisotopic (exact) mass is 249 g/mol. The van der Waals surface area contributed by atoms with Gasteiger partial charge in [-0.1, -0.05) is 24.4 Å². The lowest BCUT2D eigenvalue weighted by Crippen LogP contribution is -2.11. The number of H-pyrrole nitrogens is 1. The minimum absolute atomic E-state index is 0.666. The fraction of sp³-hybridized carbons (Fsp3) is 0.0909. The number of imidazole rings is 1. The Morgan fingerprint density at radius 2 is 2.12 bits per heavy atom. The first-order chi connectivity index (χ1) is 7.79. The summed E-state index contributed by atoms with van der Waals surface area (Å²) in [6, 6.07) is 8.11. The Hall–Kier alpha value is -1.33. The van der Waals surface area contributed by atoms with Crippen LogP contribution in [0.15, 0.2) is 41.6 Å². The number of nitrogens with one attached hydrogen (secondary N) is 2. The van der Waals surface area contributed by atoms with E-state index in [2.05, 4.69) is 33.7 Å². The molecular weight excluding hydrogens is 238 g/mol. The Bertz CT molecular complexity index is 462. The largest absolute Gasteiger partial charge is 0.331 e. The van der Waals surface area contributed by atoms with Gasteiger partial charge in [0.2, 0.25) is 5.95 Å². The summed E-state index contributed by atoms with van der Waals surface area (Å²) in [5.41, 5.74) is 0.990. The molecule has 0 bridgehead atoms. The van der Waals surface area contributed by atoms with Crippen molar-refractivity contribution >= 4 is 34.9 Å². The van der Waals surface area contributed by atoms with E-state index in [-0.39, 0.29) is 0 Å². The summed E-state index contributed by atoms with van der Waals surface area (Å²) in [5.74, 6) is 0.666. The average Bonchev–Trinajstić information content (AvgIpc) is 2.82. The normalized spacial score (nSPS) is 10.1. The van der Waals surface area contributed by atoms with Crippen molar-refractivity contribution in [2.75, 3.05) is 11.6 Å². The molecular formula is C11H11N3S2. The Morgan fingerprint density at radius 3 is 2.69 bits per heavy atom. The molecule has 0 amide bonds. The van der Waals surface area contributed by atoms with Gasteiger partial charge in [0.25, 0.3) is 0 Å². The second-order valence-electron chi connectivity index (χ2n) is 3.12. The maximum Gasteiger partial charge on any atom is 0.205 e. The number of nitrogens with zero attached hydrogens (tertiary/aromatic N) is 1. The van der Waals surface area contributed by atoms with Crippen molar-refractivity contribution in [2.24, 2.45) is 0 Å². The number of anilines is 1. The van der Waals surface area contributed by atoms with Gasteiger partial charge in [-0.25, -0.2) is 4.98 Å². The van der Waals surface area contributed by atoms with Crippen molar-refractivity contribution in [2.45, 2.75) is 4.90 Å². The first kappa shape index (κ1) is 11.2. The molecule has 1 aromatic carbocycles. The van der Waals surface area contributed by atoms with Crippen LogP contribution >= 0.6 is 24.0 Å². The smallest absolute Gasteiger partial charge is 0.205 e. The van der Waals surface area contributed by atoms with Gasteiger partial charge in [-0.2, -0.15) is 0 Å². The quantitative estimate of drug-likeness (QED) is 0.648. The molecule has 5 heteroatoms. The number of thiocarbonyl (C=S) groups is 1. The summed E-state index contributed by atoms with van der Waals surface area (Å²) in [5, 5.41) is 3.03. The van der Waals surface area contributed by atoms with Crippen molar-refractivity contribution in [1.29, 1.82) is 0 Å². The molecule has 0 saturated heterocycles. The first-order valence-corrected chi connectivity index (χ1v) is 6.37. The zero-order chi connectivity index (χ0) is 11.4. The van der Waals surface area contributed by atoms with Gasteiger partial charge in [-0.15, -0.1) is 11.8 Å². The topological polar surface area (TPSA) is 40.7 Å². The zero-order valence-corrected chi connectivity index (χ0v) is 10.4. The molecule has 3 nitrogen and oxygen atoms in total. The van der Waals surface area contributed by atoms with E-state index in [9.17, 15) is 0 Å². The van der Waals surface area contributed by atoms with Gasteiger partial charge >= 0.3 is 0 Å². The van der Waals surface area contributed by atoms with Crippen LogP contribution in [0.2, 0.25) is 0 Å². The molecule has 1 aromatic heterocycles. The predicted octanol–water partition coefficient (Wildman–Crippen LogP) is 2.92. The van der Waals surface area contributed by atoms with E-state index in [1.54, 1.807) is 24.2 Å². The van der Waals surface area contributed by atoms with Gasteiger partial charge in [0.1, 0.15) is 4.99 Å². The second-order valence-corrected chi connectivity index (χ2v) is 4.41. The van der Waals surface area contributed by atoms with Crippen molar-refractivity contribution in [3.63, 3.8) is 0 Å². The molecule has 0 aliphatic rings. The summed E-state index contributed by atoms with van der Waals surface area (Å²) in [6.07, 6.45) is 5.48. The molecule has 2 aromatic rings. The van der Waals surface area contributed by atoms with E-state index >= 15 is 0 Å². The van der Waals surface area contributed by atoms with Crippen LogP contribution in [-0.4, -0.2) is 21.2 Å². The number of hydrogen-bond acceptors (Lipinski definition) is 3. The number of rotatable bonds is 3. The van der Waals surface area contributed by atoms with Gasteiger partial charge in [0.05, 0.1) is 0 Å². The fourth-order valence-corrected chi connectivity index (χ4v) is 1.90. The third-order valence-electron chi connectivity index (χ3n) is 2.08. The fourth-order valence-electron chi connectivity index (χ4n) is 1.26. The van der Waals surface area contributed by atoms with Crippen LogP contribution in [0, 0.1) is 0 Å². The molecule has 0 atom stereocenters. The van der Waals surface area contributed by atoms with E-state index in [1.807, 2.05) is 12.1 Å². The number of benzene rings is 1. The zero-order valence-electron chi connectivity index (χ0n) is 8.73. The third-order valence-corrected chi connectivity index (χ3v) is 3.16. The van der Waals surface area contributed by atoms with Gasteiger partial charge in [0, 0.05) is 22.9 Å². The maximum atomic E-state index is 5.27. The van der Waals surface area contributed by atoms with Gasteiger partial charge in [-0.05, 0) is 18.4 Å². The molecule has 0 saturated carbocycles. The van der Waals surface area contributed by atoms with E-state index < -0.39 is 0 Å². The average molecular weight is 249 g/mol. The van der Waals surface area contributed by atoms with Crippen LogP contribution in [0.5, 0.6) is 0 Å². The molecule has 16 heavy (non-hydrogen) atoms. The summed E-state index contributed by atoms with van der Waals surface area (Å²) < 4.78 is 0. The molecule has 0 aliphatic carbocycles. The molecule has 2 N–H and O–H groups in total. The highest BCUT2D eigenvalue weighted by Gasteiger charge is 2.02. The van der Waals surface area contributed by atoms with Crippen LogP contribution in [-0.2, 0) is 0 Å². The van der Waals surface area contributed by atoms with E-state index in [4.69, 9.17) is 12.2 Å². The highest BCUT2D eigenvalue weighted by atomic mass is 32.2. The molecule has 1 heterocycles. The Balaban J connectivity index is 2.09. The molecule has 2 rings (SSSR count). The Kier molecular flexibility index (Phi) is 3.58. The molecule has 0 radical (unpaired) electrons. The van der Waals surface area contributed by atoms with Gasteiger partial charge in [-0.3, -0.25) is 0 Å². The van der Waals surface area contributed by atoms with E-state index in [0.29, 0.717) is 10.9 Å². The lowest BCUT2D eigenvalue weighted by atomic mass is 10.2. The highest BCUT2D eigenvalue weighted by molar-refractivity contribution is 7.98. The van der Waals surface area contributed by atoms with Crippen molar-refractivity contribution < 1.29 is 0 Å². The van der Waals surface area contributed by atoms with Crippen LogP contribution in [0.3, 0.4) is 0 Å². The minimum atomic E-state index is 0.666. The maximum absolute atomic E-state index is 5.27. The second kappa shape index (κ2) is 5.14. The first-order valence-electron chi connectivity index (χ1n) is 4.74. The summed E-state index contributed by atoms with van der Waals surface area (Å²) in [7, 11) is 0. The Morgan fingerprint density at radius 1 is 1.38 bits per heavy atom. The van der Waals surface area contributed by atoms with Crippen molar-refractivity contribution in [3.05, 3.63) is 42.2 Å². The van der Waals surface area contributed by atoms with Gasteiger partial charge < -0.3 is 10.3 Å². The third kappa shape index (κ3) is 2.62. The highest BCUT2D eigenvalue weighted by Crippen LogP contribution is 2.15. The molecule has 0 fully saturated rings. The van der Waals surface area contributed by atoms with Gasteiger partial charge in [0.15, 0.2) is 0 Å².